The predicted octanol–water partition coefficient (Wildman–Crippen LogP) is 2.83. The first kappa shape index (κ1) is 16.9. The van der Waals surface area contributed by atoms with Crippen molar-refractivity contribution >= 4 is 22.6 Å². The van der Waals surface area contributed by atoms with Gasteiger partial charge in [-0.25, -0.2) is 9.78 Å². The number of benzene rings is 1. The van der Waals surface area contributed by atoms with Gasteiger partial charge in [0.2, 0.25) is 0 Å². The van der Waals surface area contributed by atoms with Crippen molar-refractivity contribution < 1.29 is 14.3 Å². The Morgan fingerprint density at radius 3 is 2.81 bits per heavy atom. The second-order valence-electron chi connectivity index (χ2n) is 5.92. The van der Waals surface area contributed by atoms with Crippen molar-refractivity contribution in [2.45, 2.75) is 13.8 Å². The van der Waals surface area contributed by atoms with Crippen LogP contribution in [0.25, 0.3) is 28.1 Å². The number of methoxy groups -OCH3 is 1. The zero-order valence-corrected chi connectivity index (χ0v) is 15.1. The van der Waals surface area contributed by atoms with Crippen molar-refractivity contribution in [3.05, 3.63) is 47.9 Å². The molecule has 4 rings (SSSR count). The minimum Gasteiger partial charge on any atom is -0.495 e. The van der Waals surface area contributed by atoms with E-state index >= 15 is 0 Å². The minimum absolute atomic E-state index is 0.311. The van der Waals surface area contributed by atoms with Gasteiger partial charge < -0.3 is 9.47 Å². The number of hydrogen-bond acceptors (Lipinski definition) is 7. The van der Waals surface area contributed by atoms with Crippen LogP contribution in [0.3, 0.4) is 0 Å². The molecule has 0 aliphatic heterocycles. The molecule has 0 spiro atoms. The smallest absolute Gasteiger partial charge is 0.338 e. The normalized spacial score (nSPS) is 11.1. The third kappa shape index (κ3) is 2.84. The third-order valence-electron chi connectivity index (χ3n) is 4.21. The number of carbonyl (C=O) groups is 1. The maximum Gasteiger partial charge on any atom is 0.338 e. The van der Waals surface area contributed by atoms with Crippen molar-refractivity contribution in [1.29, 1.82) is 0 Å². The van der Waals surface area contributed by atoms with Crippen LogP contribution < -0.4 is 4.74 Å². The molecule has 8 nitrogen and oxygen atoms in total. The van der Waals surface area contributed by atoms with Gasteiger partial charge in [0.15, 0.2) is 11.5 Å². The Morgan fingerprint density at radius 2 is 2.04 bits per heavy atom. The van der Waals surface area contributed by atoms with E-state index in [1.54, 1.807) is 44.6 Å². The first-order chi connectivity index (χ1) is 13.1. The van der Waals surface area contributed by atoms with Crippen LogP contribution in [0, 0.1) is 6.92 Å². The van der Waals surface area contributed by atoms with Gasteiger partial charge in [0, 0.05) is 11.8 Å². The van der Waals surface area contributed by atoms with E-state index in [2.05, 4.69) is 20.2 Å². The molecule has 0 saturated carbocycles. The van der Waals surface area contributed by atoms with Crippen LogP contribution in [0.1, 0.15) is 23.0 Å². The fourth-order valence-electron chi connectivity index (χ4n) is 2.96. The number of esters is 1. The minimum atomic E-state index is -0.384. The molecule has 4 aromatic rings. The van der Waals surface area contributed by atoms with Gasteiger partial charge in [-0.2, -0.15) is 0 Å². The largest absolute Gasteiger partial charge is 0.495 e. The molecule has 8 heteroatoms. The number of aryl methyl sites for hydroxylation is 1. The molecule has 136 valence electrons. The lowest BCUT2D eigenvalue weighted by atomic mass is 10.1. The average molecular weight is 363 g/mol. The second kappa shape index (κ2) is 6.64. The van der Waals surface area contributed by atoms with E-state index in [4.69, 9.17) is 9.47 Å². The topological polar surface area (TPSA) is 91.5 Å². The fourth-order valence-corrected chi connectivity index (χ4v) is 2.96. The van der Waals surface area contributed by atoms with Crippen LogP contribution in [0.15, 0.2) is 36.7 Å². The molecular weight excluding hydrogens is 346 g/mol. The summed E-state index contributed by atoms with van der Waals surface area (Å²) in [6.45, 7) is 3.96. The van der Waals surface area contributed by atoms with Crippen molar-refractivity contribution in [2.75, 3.05) is 13.7 Å². The second-order valence-corrected chi connectivity index (χ2v) is 5.92. The Kier molecular flexibility index (Phi) is 4.15. The van der Waals surface area contributed by atoms with Crippen LogP contribution in [-0.4, -0.2) is 44.3 Å². The Morgan fingerprint density at radius 1 is 1.19 bits per heavy atom. The molecule has 1 aromatic carbocycles. The van der Waals surface area contributed by atoms with Crippen molar-refractivity contribution in [1.82, 2.24) is 24.6 Å². The van der Waals surface area contributed by atoms with Crippen LogP contribution in [0.5, 0.6) is 5.75 Å². The third-order valence-corrected chi connectivity index (χ3v) is 4.21. The number of ether oxygens (including phenoxy) is 2. The highest BCUT2D eigenvalue weighted by Gasteiger charge is 2.17. The predicted molar refractivity (Wildman–Crippen MR) is 98.8 cm³/mol. The highest BCUT2D eigenvalue weighted by atomic mass is 16.5. The molecule has 0 amide bonds. The van der Waals surface area contributed by atoms with Gasteiger partial charge in [-0.05, 0) is 38.1 Å². The quantitative estimate of drug-likeness (QED) is 0.515. The Hall–Kier alpha value is -3.55. The zero-order valence-electron chi connectivity index (χ0n) is 15.1. The number of hydrogen-bond donors (Lipinski definition) is 0. The van der Waals surface area contributed by atoms with E-state index in [1.807, 2.05) is 17.4 Å². The summed E-state index contributed by atoms with van der Waals surface area (Å²) in [5.74, 6) is 0.824. The number of pyridine rings is 1. The lowest BCUT2D eigenvalue weighted by Crippen LogP contribution is -2.06. The average Bonchev–Trinajstić information content (AvgIpc) is 3.14. The monoisotopic (exact) mass is 363 g/mol. The number of rotatable bonds is 4. The summed E-state index contributed by atoms with van der Waals surface area (Å²) in [5.41, 5.74) is 3.98. The summed E-state index contributed by atoms with van der Waals surface area (Å²) in [4.78, 5) is 20.9. The van der Waals surface area contributed by atoms with Crippen LogP contribution in [0.2, 0.25) is 0 Å². The Bertz CT molecular complexity index is 1170. The van der Waals surface area contributed by atoms with Gasteiger partial charge in [0.25, 0.3) is 0 Å². The van der Waals surface area contributed by atoms with Gasteiger partial charge in [-0.15, -0.1) is 10.2 Å². The van der Waals surface area contributed by atoms with E-state index in [1.165, 1.54) is 0 Å². The number of fused-ring (bicyclic) bond motifs is 3. The number of nitrogens with zero attached hydrogens (tertiary/aromatic N) is 5. The fraction of sp³-hybridized carbons (Fsp3) is 0.211. The first-order valence-electron chi connectivity index (χ1n) is 8.44. The lowest BCUT2D eigenvalue weighted by molar-refractivity contribution is 0.0526. The van der Waals surface area contributed by atoms with Crippen molar-refractivity contribution in [2.24, 2.45) is 0 Å². The van der Waals surface area contributed by atoms with E-state index in [0.29, 0.717) is 34.9 Å². The number of aromatic nitrogens is 5. The molecule has 0 unspecified atom stereocenters. The summed E-state index contributed by atoms with van der Waals surface area (Å²) in [7, 11) is 1.58. The summed E-state index contributed by atoms with van der Waals surface area (Å²) < 4.78 is 12.2. The molecule has 0 radical (unpaired) electrons. The molecule has 0 fully saturated rings. The summed E-state index contributed by atoms with van der Waals surface area (Å²) in [6, 6.07) is 7.07. The van der Waals surface area contributed by atoms with Gasteiger partial charge >= 0.3 is 5.97 Å². The molecular formula is C19H17N5O3. The Balaban J connectivity index is 2.01. The van der Waals surface area contributed by atoms with Gasteiger partial charge in [-0.1, -0.05) is 0 Å². The van der Waals surface area contributed by atoms with Crippen molar-refractivity contribution in [3.8, 4) is 17.1 Å². The molecule has 0 bridgehead atoms. The van der Waals surface area contributed by atoms with E-state index in [0.717, 1.165) is 16.8 Å². The number of carbonyl (C=O) groups excluding carboxylic acids is 1. The van der Waals surface area contributed by atoms with E-state index in [-0.39, 0.29) is 5.97 Å². The molecule has 0 aliphatic rings. The maximum absolute atomic E-state index is 12.2. The summed E-state index contributed by atoms with van der Waals surface area (Å²) >= 11 is 0. The van der Waals surface area contributed by atoms with Crippen molar-refractivity contribution in [3.63, 3.8) is 0 Å². The Labute approximate surface area is 154 Å². The van der Waals surface area contributed by atoms with Crippen LogP contribution in [-0.2, 0) is 4.74 Å². The SMILES string of the molecule is CCOC(=O)c1ccc2nc(C)c3nnc(-c4cncc(OC)c4)n3c2c1. The van der Waals surface area contributed by atoms with E-state index in [9.17, 15) is 4.79 Å². The molecule has 3 heterocycles. The molecule has 0 atom stereocenters. The standard InChI is InChI=1S/C19H17N5O3/c1-4-27-19(25)12-5-6-15-16(8-12)24-17(11(2)21-15)22-23-18(24)13-7-14(26-3)10-20-9-13/h5-10H,4H2,1-3H3. The summed E-state index contributed by atoms with van der Waals surface area (Å²) in [6.07, 6.45) is 3.31. The molecule has 3 aromatic heterocycles. The zero-order chi connectivity index (χ0) is 19.0. The molecule has 0 N–H and O–H groups in total. The van der Waals surface area contributed by atoms with Gasteiger partial charge in [0.05, 0.1) is 42.2 Å². The van der Waals surface area contributed by atoms with E-state index < -0.39 is 0 Å². The molecule has 0 saturated heterocycles. The van der Waals surface area contributed by atoms with Gasteiger partial charge in [0.1, 0.15) is 5.75 Å². The first-order valence-corrected chi connectivity index (χ1v) is 8.44. The molecule has 0 aliphatic carbocycles. The highest BCUT2D eigenvalue weighted by molar-refractivity contribution is 5.94. The lowest BCUT2D eigenvalue weighted by Gasteiger charge is -2.09. The molecule has 27 heavy (non-hydrogen) atoms. The maximum atomic E-state index is 12.2. The van der Waals surface area contributed by atoms with Crippen LogP contribution in [0.4, 0.5) is 0 Å². The van der Waals surface area contributed by atoms with Crippen LogP contribution >= 0.6 is 0 Å². The summed E-state index contributed by atoms with van der Waals surface area (Å²) in [5, 5.41) is 8.60. The highest BCUT2D eigenvalue weighted by Crippen LogP contribution is 2.26. The van der Waals surface area contributed by atoms with Gasteiger partial charge in [-0.3, -0.25) is 9.38 Å².